The third-order valence-electron chi connectivity index (χ3n) is 4.37. The summed E-state index contributed by atoms with van der Waals surface area (Å²) < 4.78 is 1.95. The van der Waals surface area contributed by atoms with E-state index < -0.39 is 0 Å². The number of nitrogens with zero attached hydrogens (tertiary/aromatic N) is 1. The second-order valence-corrected chi connectivity index (χ2v) is 6.45. The Kier molecular flexibility index (Phi) is 4.03. The number of aromatic nitrogens is 1. The summed E-state index contributed by atoms with van der Waals surface area (Å²) >= 11 is 6.03. The average Bonchev–Trinajstić information content (AvgIpc) is 2.93. The lowest BCUT2D eigenvalue weighted by atomic mass is 10.00. The van der Waals surface area contributed by atoms with Crippen LogP contribution in [0.3, 0.4) is 0 Å². The minimum atomic E-state index is 0.0108. The summed E-state index contributed by atoms with van der Waals surface area (Å²) in [5.74, 6) is 0.0108. The van der Waals surface area contributed by atoms with E-state index in [1.807, 2.05) is 10.8 Å². The van der Waals surface area contributed by atoms with E-state index in [1.54, 1.807) is 6.07 Å². The number of hydrogen-bond donors (Lipinski definition) is 2. The second-order valence-electron chi connectivity index (χ2n) is 6.02. The van der Waals surface area contributed by atoms with Gasteiger partial charge < -0.3 is 15.2 Å². The van der Waals surface area contributed by atoms with Crippen molar-refractivity contribution in [3.05, 3.63) is 23.0 Å². The summed E-state index contributed by atoms with van der Waals surface area (Å²) in [6.45, 7) is 2.92. The van der Waals surface area contributed by atoms with Crippen LogP contribution in [0.15, 0.2) is 12.3 Å². The highest BCUT2D eigenvalue weighted by molar-refractivity contribution is 6.31. The molecule has 1 aromatic rings. The molecule has 2 aliphatic rings. The molecule has 0 aromatic carbocycles. The topological polar surface area (TPSA) is 46.1 Å². The van der Waals surface area contributed by atoms with Gasteiger partial charge in [0, 0.05) is 30.9 Å². The summed E-state index contributed by atoms with van der Waals surface area (Å²) in [6, 6.07) is 3.24. The molecule has 2 saturated heterocycles. The van der Waals surface area contributed by atoms with Crippen LogP contribution in [0.5, 0.6) is 0 Å². The summed E-state index contributed by atoms with van der Waals surface area (Å²) in [5, 5.41) is 7.41. The Bertz CT molecular complexity index is 487. The summed E-state index contributed by atoms with van der Waals surface area (Å²) in [6.07, 6.45) is 7.41. The SMILES string of the molecule is CCCn1cc(Cl)cc1C(=O)NC1CC2CCC(C1)N2. The number of fused-ring (bicyclic) bond motifs is 2. The molecule has 0 radical (unpaired) electrons. The number of rotatable bonds is 4. The molecule has 4 nitrogen and oxygen atoms in total. The molecule has 2 unspecified atom stereocenters. The smallest absolute Gasteiger partial charge is 0.268 e. The number of carbonyl (C=O) groups excluding carboxylic acids is 1. The number of halogens is 1. The van der Waals surface area contributed by atoms with Gasteiger partial charge in [0.25, 0.3) is 5.91 Å². The molecule has 20 heavy (non-hydrogen) atoms. The van der Waals surface area contributed by atoms with Crippen LogP contribution in [-0.4, -0.2) is 28.6 Å². The Morgan fingerprint density at radius 2 is 2.15 bits per heavy atom. The van der Waals surface area contributed by atoms with Crippen LogP contribution < -0.4 is 10.6 Å². The van der Waals surface area contributed by atoms with E-state index in [-0.39, 0.29) is 5.91 Å². The van der Waals surface area contributed by atoms with Gasteiger partial charge in [0.15, 0.2) is 0 Å². The standard InChI is InChI=1S/C15H22ClN3O/c1-2-5-19-9-10(16)6-14(19)15(20)18-13-7-11-3-4-12(8-13)17-11/h6,9,11-13,17H,2-5,7-8H2,1H3,(H,18,20). The van der Waals surface area contributed by atoms with Crippen molar-refractivity contribution in [1.82, 2.24) is 15.2 Å². The predicted octanol–water partition coefficient (Wildman–Crippen LogP) is 2.56. The molecule has 0 saturated carbocycles. The molecule has 110 valence electrons. The van der Waals surface area contributed by atoms with Crippen LogP contribution in [0.25, 0.3) is 0 Å². The molecule has 1 amide bonds. The van der Waals surface area contributed by atoms with E-state index in [1.165, 1.54) is 12.8 Å². The average molecular weight is 296 g/mol. The van der Waals surface area contributed by atoms with Crippen LogP contribution in [0, 0.1) is 0 Å². The largest absolute Gasteiger partial charge is 0.348 e. The number of hydrogen-bond acceptors (Lipinski definition) is 2. The lowest BCUT2D eigenvalue weighted by Gasteiger charge is -2.29. The Morgan fingerprint density at radius 1 is 1.45 bits per heavy atom. The van der Waals surface area contributed by atoms with Gasteiger partial charge in [0.05, 0.1) is 5.02 Å². The molecule has 0 aliphatic carbocycles. The highest BCUT2D eigenvalue weighted by Gasteiger charge is 2.34. The van der Waals surface area contributed by atoms with Gasteiger partial charge in [0.1, 0.15) is 5.69 Å². The van der Waals surface area contributed by atoms with Crippen LogP contribution >= 0.6 is 11.6 Å². The van der Waals surface area contributed by atoms with Crippen molar-refractivity contribution in [1.29, 1.82) is 0 Å². The molecular formula is C15H22ClN3O. The minimum Gasteiger partial charge on any atom is -0.348 e. The van der Waals surface area contributed by atoms with Gasteiger partial charge in [-0.15, -0.1) is 0 Å². The first kappa shape index (κ1) is 14.0. The molecule has 2 aliphatic heterocycles. The third-order valence-corrected chi connectivity index (χ3v) is 4.58. The number of nitrogens with one attached hydrogen (secondary N) is 2. The maximum absolute atomic E-state index is 12.4. The fourth-order valence-electron chi connectivity index (χ4n) is 3.53. The predicted molar refractivity (Wildman–Crippen MR) is 80.2 cm³/mol. The van der Waals surface area contributed by atoms with Gasteiger partial charge in [-0.1, -0.05) is 18.5 Å². The summed E-state index contributed by atoms with van der Waals surface area (Å²) in [7, 11) is 0. The fraction of sp³-hybridized carbons (Fsp3) is 0.667. The van der Waals surface area contributed by atoms with Crippen molar-refractivity contribution in [2.75, 3.05) is 0 Å². The molecule has 2 N–H and O–H groups in total. The van der Waals surface area contributed by atoms with Crippen molar-refractivity contribution < 1.29 is 4.79 Å². The zero-order valence-electron chi connectivity index (χ0n) is 11.9. The van der Waals surface area contributed by atoms with Gasteiger partial charge in [0.2, 0.25) is 0 Å². The van der Waals surface area contributed by atoms with Crippen molar-refractivity contribution in [3.63, 3.8) is 0 Å². The Balaban J connectivity index is 1.67. The van der Waals surface area contributed by atoms with Crippen LogP contribution in [0.1, 0.15) is 49.5 Å². The molecule has 2 bridgehead atoms. The number of aryl methyl sites for hydroxylation is 1. The van der Waals surface area contributed by atoms with Crippen LogP contribution in [0.2, 0.25) is 5.02 Å². The minimum absolute atomic E-state index is 0.0108. The number of piperidine rings is 1. The molecule has 0 spiro atoms. The summed E-state index contributed by atoms with van der Waals surface area (Å²) in [5.41, 5.74) is 0.683. The molecule has 5 heteroatoms. The normalized spacial score (nSPS) is 28.6. The quantitative estimate of drug-likeness (QED) is 0.897. The molecule has 1 aromatic heterocycles. The zero-order valence-corrected chi connectivity index (χ0v) is 12.6. The highest BCUT2D eigenvalue weighted by atomic mass is 35.5. The van der Waals surface area contributed by atoms with Crippen molar-refractivity contribution in [3.8, 4) is 0 Å². The van der Waals surface area contributed by atoms with Gasteiger partial charge >= 0.3 is 0 Å². The first-order valence-electron chi connectivity index (χ1n) is 7.58. The van der Waals surface area contributed by atoms with Crippen LogP contribution in [0.4, 0.5) is 0 Å². The van der Waals surface area contributed by atoms with Crippen molar-refractivity contribution >= 4 is 17.5 Å². The number of amides is 1. The molecule has 2 fully saturated rings. The number of carbonyl (C=O) groups is 1. The third kappa shape index (κ3) is 2.86. The lowest BCUT2D eigenvalue weighted by molar-refractivity contribution is 0.0914. The van der Waals surface area contributed by atoms with E-state index >= 15 is 0 Å². The van der Waals surface area contributed by atoms with E-state index in [9.17, 15) is 4.79 Å². The van der Waals surface area contributed by atoms with E-state index in [4.69, 9.17) is 11.6 Å². The van der Waals surface area contributed by atoms with E-state index in [0.717, 1.165) is 25.8 Å². The maximum atomic E-state index is 12.4. The van der Waals surface area contributed by atoms with Crippen molar-refractivity contribution in [2.45, 2.75) is 63.7 Å². The van der Waals surface area contributed by atoms with Gasteiger partial charge in [-0.05, 0) is 38.2 Å². The van der Waals surface area contributed by atoms with Crippen molar-refractivity contribution in [2.24, 2.45) is 0 Å². The second kappa shape index (κ2) is 5.78. The Hall–Kier alpha value is -1.00. The maximum Gasteiger partial charge on any atom is 0.268 e. The molecule has 3 rings (SSSR count). The lowest BCUT2D eigenvalue weighted by Crippen LogP contribution is -2.48. The fourth-order valence-corrected chi connectivity index (χ4v) is 3.75. The molecular weight excluding hydrogens is 274 g/mol. The zero-order chi connectivity index (χ0) is 14.1. The summed E-state index contributed by atoms with van der Waals surface area (Å²) in [4.78, 5) is 12.4. The van der Waals surface area contributed by atoms with E-state index in [0.29, 0.717) is 28.8 Å². The van der Waals surface area contributed by atoms with Gasteiger partial charge in [-0.3, -0.25) is 4.79 Å². The monoisotopic (exact) mass is 295 g/mol. The first-order valence-corrected chi connectivity index (χ1v) is 7.96. The van der Waals surface area contributed by atoms with Gasteiger partial charge in [-0.2, -0.15) is 0 Å². The molecule has 3 heterocycles. The molecule has 2 atom stereocenters. The van der Waals surface area contributed by atoms with Gasteiger partial charge in [-0.25, -0.2) is 0 Å². The highest BCUT2D eigenvalue weighted by Crippen LogP contribution is 2.27. The van der Waals surface area contributed by atoms with E-state index in [2.05, 4.69) is 17.6 Å². The Morgan fingerprint density at radius 3 is 2.80 bits per heavy atom. The van der Waals surface area contributed by atoms with Crippen LogP contribution in [-0.2, 0) is 6.54 Å². The first-order chi connectivity index (χ1) is 9.65. The Labute approximate surface area is 124 Å².